The highest BCUT2D eigenvalue weighted by molar-refractivity contribution is 5.83. The Morgan fingerprint density at radius 3 is 2.58 bits per heavy atom. The molecule has 1 aliphatic rings. The highest BCUT2D eigenvalue weighted by Crippen LogP contribution is 2.23. The lowest BCUT2D eigenvalue weighted by molar-refractivity contribution is -0.123. The smallest absolute Gasteiger partial charge is 0.241 e. The van der Waals surface area contributed by atoms with Gasteiger partial charge in [-0.05, 0) is 50.5 Å². The Labute approximate surface area is 141 Å². The number of nitrogens with one attached hydrogen (secondary N) is 2. The number of halogens is 1. The maximum absolute atomic E-state index is 13.2. The van der Waals surface area contributed by atoms with E-state index >= 15 is 0 Å². The molecule has 1 aromatic heterocycles. The lowest BCUT2D eigenvalue weighted by atomic mass is 10.0. The monoisotopic (exact) mass is 330 g/mol. The number of aromatic nitrogens is 2. The van der Waals surface area contributed by atoms with E-state index in [1.165, 1.54) is 12.1 Å². The zero-order valence-corrected chi connectivity index (χ0v) is 13.9. The Morgan fingerprint density at radius 2 is 2.00 bits per heavy atom. The largest absolute Gasteiger partial charge is 0.352 e. The van der Waals surface area contributed by atoms with Crippen LogP contribution in [-0.4, -0.2) is 27.8 Å². The number of hydrogen-bond acceptors (Lipinski definition) is 3. The van der Waals surface area contributed by atoms with E-state index in [1.54, 1.807) is 18.3 Å². The molecule has 24 heavy (non-hydrogen) atoms. The summed E-state index contributed by atoms with van der Waals surface area (Å²) in [7, 11) is 0. The van der Waals surface area contributed by atoms with E-state index in [0.717, 1.165) is 18.4 Å². The van der Waals surface area contributed by atoms with Gasteiger partial charge in [0.1, 0.15) is 11.9 Å². The second-order valence-corrected chi connectivity index (χ2v) is 6.45. The fourth-order valence-corrected chi connectivity index (χ4v) is 2.64. The summed E-state index contributed by atoms with van der Waals surface area (Å²) in [6, 6.07) is 7.81. The summed E-state index contributed by atoms with van der Waals surface area (Å²) in [6.07, 6.45) is 5.70. The molecule has 0 spiro atoms. The number of carbonyl (C=O) groups excluding carboxylic acids is 1. The average molecular weight is 330 g/mol. The molecular formula is C18H23FN4O. The van der Waals surface area contributed by atoms with Gasteiger partial charge in [-0.3, -0.25) is 14.8 Å². The van der Waals surface area contributed by atoms with Crippen LogP contribution in [0, 0.1) is 5.82 Å². The second kappa shape index (κ2) is 7.13. The van der Waals surface area contributed by atoms with Crippen LogP contribution in [0.2, 0.25) is 0 Å². The predicted molar refractivity (Wildman–Crippen MR) is 89.8 cm³/mol. The molecule has 128 valence electrons. The van der Waals surface area contributed by atoms with Gasteiger partial charge in [-0.1, -0.05) is 12.1 Å². The SMILES string of the molecule is C[C@H](N[C@@H](C(=O)NC1CC1)c1ccc(F)cc1)[C@H](C)n1cccn1. The molecule has 1 fully saturated rings. The third-order valence-electron chi connectivity index (χ3n) is 4.48. The molecule has 1 aromatic carbocycles. The Kier molecular flexibility index (Phi) is 4.94. The first-order valence-electron chi connectivity index (χ1n) is 8.35. The van der Waals surface area contributed by atoms with Crippen LogP contribution in [0.25, 0.3) is 0 Å². The van der Waals surface area contributed by atoms with Gasteiger partial charge in [0.15, 0.2) is 0 Å². The maximum Gasteiger partial charge on any atom is 0.241 e. The van der Waals surface area contributed by atoms with E-state index in [4.69, 9.17) is 0 Å². The van der Waals surface area contributed by atoms with Crippen molar-refractivity contribution in [1.82, 2.24) is 20.4 Å². The number of carbonyl (C=O) groups is 1. The fraction of sp³-hybridized carbons (Fsp3) is 0.444. The predicted octanol–water partition coefficient (Wildman–Crippen LogP) is 2.58. The minimum absolute atomic E-state index is 0.00454. The van der Waals surface area contributed by atoms with Crippen molar-refractivity contribution in [3.63, 3.8) is 0 Å². The quantitative estimate of drug-likeness (QED) is 0.820. The van der Waals surface area contributed by atoms with Gasteiger partial charge in [-0.15, -0.1) is 0 Å². The first-order chi connectivity index (χ1) is 11.5. The van der Waals surface area contributed by atoms with Crippen LogP contribution in [-0.2, 0) is 4.79 Å². The van der Waals surface area contributed by atoms with Gasteiger partial charge >= 0.3 is 0 Å². The number of hydrogen-bond donors (Lipinski definition) is 2. The number of benzene rings is 1. The zero-order valence-electron chi connectivity index (χ0n) is 13.9. The maximum atomic E-state index is 13.2. The molecule has 0 radical (unpaired) electrons. The van der Waals surface area contributed by atoms with Crippen LogP contribution in [0.4, 0.5) is 4.39 Å². The third-order valence-corrected chi connectivity index (χ3v) is 4.48. The van der Waals surface area contributed by atoms with Crippen molar-refractivity contribution in [3.05, 3.63) is 54.1 Å². The molecule has 2 N–H and O–H groups in total. The highest BCUT2D eigenvalue weighted by Gasteiger charge is 2.30. The fourth-order valence-electron chi connectivity index (χ4n) is 2.64. The molecule has 0 aliphatic heterocycles. The van der Waals surface area contributed by atoms with Crippen molar-refractivity contribution in [2.24, 2.45) is 0 Å². The Morgan fingerprint density at radius 1 is 1.29 bits per heavy atom. The topological polar surface area (TPSA) is 59.0 Å². The molecule has 3 atom stereocenters. The zero-order chi connectivity index (χ0) is 17.1. The minimum Gasteiger partial charge on any atom is -0.352 e. The Balaban J connectivity index is 1.75. The summed E-state index contributed by atoms with van der Waals surface area (Å²) in [6.45, 7) is 4.07. The molecule has 3 rings (SSSR count). The molecule has 0 bridgehead atoms. The second-order valence-electron chi connectivity index (χ2n) is 6.45. The summed E-state index contributed by atoms with van der Waals surface area (Å²) in [4.78, 5) is 12.6. The molecule has 0 unspecified atom stereocenters. The number of amides is 1. The van der Waals surface area contributed by atoms with Crippen molar-refractivity contribution in [2.75, 3.05) is 0 Å². The normalized spacial score (nSPS) is 18.0. The standard InChI is InChI=1S/C18H23FN4O/c1-12(13(2)23-11-3-10-20-23)21-17(18(24)22-16-8-9-16)14-4-6-15(19)7-5-14/h3-7,10-13,16-17,21H,8-9H2,1-2H3,(H,22,24)/t12-,13-,17+/m0/s1. The van der Waals surface area contributed by atoms with Crippen LogP contribution < -0.4 is 10.6 Å². The van der Waals surface area contributed by atoms with Gasteiger partial charge in [0.25, 0.3) is 0 Å². The van der Waals surface area contributed by atoms with E-state index in [2.05, 4.69) is 15.7 Å². The molecule has 1 aliphatic carbocycles. The summed E-state index contributed by atoms with van der Waals surface area (Å²) in [5.74, 6) is -0.373. The summed E-state index contributed by atoms with van der Waals surface area (Å²) in [5, 5.41) is 10.7. The van der Waals surface area contributed by atoms with Crippen LogP contribution >= 0.6 is 0 Å². The average Bonchev–Trinajstić information content (AvgIpc) is 3.22. The van der Waals surface area contributed by atoms with E-state index in [-0.39, 0.29) is 29.8 Å². The molecule has 0 saturated heterocycles. The molecule has 1 heterocycles. The Bertz CT molecular complexity index is 667. The molecular weight excluding hydrogens is 307 g/mol. The van der Waals surface area contributed by atoms with Crippen molar-refractivity contribution in [3.8, 4) is 0 Å². The lowest BCUT2D eigenvalue weighted by Gasteiger charge is -2.27. The van der Waals surface area contributed by atoms with Gasteiger partial charge in [-0.25, -0.2) is 4.39 Å². The molecule has 6 heteroatoms. The van der Waals surface area contributed by atoms with Crippen molar-refractivity contribution < 1.29 is 9.18 Å². The van der Waals surface area contributed by atoms with Crippen LogP contribution in [0.15, 0.2) is 42.7 Å². The highest BCUT2D eigenvalue weighted by atomic mass is 19.1. The summed E-state index contributed by atoms with van der Waals surface area (Å²) >= 11 is 0. The van der Waals surface area contributed by atoms with Crippen LogP contribution in [0.3, 0.4) is 0 Å². The van der Waals surface area contributed by atoms with E-state index in [1.807, 2.05) is 30.8 Å². The first-order valence-corrected chi connectivity index (χ1v) is 8.35. The van der Waals surface area contributed by atoms with Crippen LogP contribution in [0.1, 0.15) is 44.3 Å². The molecule has 2 aromatic rings. The first kappa shape index (κ1) is 16.6. The van der Waals surface area contributed by atoms with E-state index in [0.29, 0.717) is 0 Å². The van der Waals surface area contributed by atoms with E-state index < -0.39 is 6.04 Å². The van der Waals surface area contributed by atoms with Crippen LogP contribution in [0.5, 0.6) is 0 Å². The van der Waals surface area contributed by atoms with E-state index in [9.17, 15) is 9.18 Å². The van der Waals surface area contributed by atoms with Crippen molar-refractivity contribution >= 4 is 5.91 Å². The number of rotatable bonds is 7. The summed E-state index contributed by atoms with van der Waals surface area (Å²) in [5.41, 5.74) is 0.758. The van der Waals surface area contributed by atoms with Crippen molar-refractivity contribution in [2.45, 2.75) is 50.9 Å². The van der Waals surface area contributed by atoms with Gasteiger partial charge in [0.05, 0.1) is 6.04 Å². The molecule has 1 amide bonds. The number of nitrogens with zero attached hydrogens (tertiary/aromatic N) is 2. The van der Waals surface area contributed by atoms with Crippen molar-refractivity contribution in [1.29, 1.82) is 0 Å². The lowest BCUT2D eigenvalue weighted by Crippen LogP contribution is -2.44. The van der Waals surface area contributed by atoms with Gasteiger partial charge in [0.2, 0.25) is 5.91 Å². The third kappa shape index (κ3) is 4.00. The van der Waals surface area contributed by atoms with Gasteiger partial charge < -0.3 is 5.32 Å². The summed E-state index contributed by atoms with van der Waals surface area (Å²) < 4.78 is 15.1. The Hall–Kier alpha value is -2.21. The molecule has 1 saturated carbocycles. The minimum atomic E-state index is -0.515. The molecule has 5 nitrogen and oxygen atoms in total. The van der Waals surface area contributed by atoms with Gasteiger partial charge in [0, 0.05) is 24.5 Å². The van der Waals surface area contributed by atoms with Gasteiger partial charge in [-0.2, -0.15) is 5.10 Å².